The maximum Gasteiger partial charge on any atom is 0.409 e. The molecule has 0 aromatic carbocycles. The largest absolute Gasteiger partial charge is 0.450 e. The lowest BCUT2D eigenvalue weighted by Gasteiger charge is -2.33. The minimum atomic E-state index is -3.69. The van der Waals surface area contributed by atoms with E-state index < -0.39 is 16.1 Å². The van der Waals surface area contributed by atoms with Gasteiger partial charge in [-0.3, -0.25) is 0 Å². The molecule has 7 nitrogen and oxygen atoms in total. The van der Waals surface area contributed by atoms with Crippen molar-refractivity contribution in [1.29, 1.82) is 0 Å². The van der Waals surface area contributed by atoms with Crippen LogP contribution in [0.25, 0.3) is 0 Å². The van der Waals surface area contributed by atoms with Crippen molar-refractivity contribution >= 4 is 27.7 Å². The van der Waals surface area contributed by atoms with Crippen molar-refractivity contribution in [2.75, 3.05) is 32.8 Å². The molecule has 1 aromatic heterocycles. The Morgan fingerprint density at radius 1 is 1.38 bits per heavy atom. The van der Waals surface area contributed by atoms with Gasteiger partial charge in [-0.1, -0.05) is 11.6 Å². The highest BCUT2D eigenvalue weighted by Gasteiger charge is 2.32. The third kappa shape index (κ3) is 3.45. The number of amides is 1. The van der Waals surface area contributed by atoms with E-state index in [-0.39, 0.29) is 36.2 Å². The molecule has 1 aliphatic rings. The summed E-state index contributed by atoms with van der Waals surface area (Å²) < 4.78 is 31.1. The Balaban J connectivity index is 2.08. The number of carbonyl (C=O) groups is 1. The monoisotopic (exact) mass is 333 g/mol. The lowest BCUT2D eigenvalue weighted by atomic mass is 10.4. The van der Waals surface area contributed by atoms with Gasteiger partial charge in [0.15, 0.2) is 0 Å². The molecular weight excluding hydrogens is 318 g/mol. The normalized spacial score (nSPS) is 16.8. The average Bonchev–Trinajstić information content (AvgIpc) is 2.48. The molecule has 2 heterocycles. The molecule has 1 aliphatic heterocycles. The highest BCUT2D eigenvalue weighted by Crippen LogP contribution is 2.23. The fourth-order valence-corrected chi connectivity index (χ4v) is 3.88. The van der Waals surface area contributed by atoms with Gasteiger partial charge in [0.1, 0.15) is 10.0 Å². The second kappa shape index (κ2) is 6.59. The van der Waals surface area contributed by atoms with Gasteiger partial charge in [-0.25, -0.2) is 18.2 Å². The fourth-order valence-electron chi connectivity index (χ4n) is 2.03. The van der Waals surface area contributed by atoms with E-state index in [2.05, 4.69) is 4.98 Å². The molecule has 116 valence electrons. The third-order valence-corrected chi connectivity index (χ3v) is 5.45. The summed E-state index contributed by atoms with van der Waals surface area (Å²) in [4.78, 5) is 16.8. The van der Waals surface area contributed by atoms with E-state index in [4.69, 9.17) is 16.3 Å². The van der Waals surface area contributed by atoms with E-state index in [1.165, 1.54) is 27.5 Å². The summed E-state index contributed by atoms with van der Waals surface area (Å²) in [5.41, 5.74) is 0. The zero-order valence-electron chi connectivity index (χ0n) is 11.5. The molecule has 9 heteroatoms. The Bertz CT molecular complexity index is 615. The molecule has 0 spiro atoms. The quantitative estimate of drug-likeness (QED) is 0.776. The van der Waals surface area contributed by atoms with Gasteiger partial charge >= 0.3 is 6.09 Å². The van der Waals surface area contributed by atoms with Crippen molar-refractivity contribution in [2.45, 2.75) is 11.8 Å². The first-order chi connectivity index (χ1) is 9.96. The first kappa shape index (κ1) is 16.0. The summed E-state index contributed by atoms with van der Waals surface area (Å²) in [6.45, 7) is 3.00. The van der Waals surface area contributed by atoms with Gasteiger partial charge in [-0.05, 0) is 19.1 Å². The summed E-state index contributed by atoms with van der Waals surface area (Å²) in [6, 6.07) is 2.94. The first-order valence-corrected chi connectivity index (χ1v) is 8.31. The lowest BCUT2D eigenvalue weighted by Crippen LogP contribution is -2.50. The maximum absolute atomic E-state index is 12.5. The minimum absolute atomic E-state index is 0.0174. The van der Waals surface area contributed by atoms with Crippen LogP contribution in [0.2, 0.25) is 5.15 Å². The Morgan fingerprint density at radius 2 is 2.05 bits per heavy atom. The molecule has 1 aromatic rings. The zero-order valence-corrected chi connectivity index (χ0v) is 13.1. The summed E-state index contributed by atoms with van der Waals surface area (Å²) in [7, 11) is -3.69. The molecule has 0 aliphatic carbocycles. The smallest absolute Gasteiger partial charge is 0.409 e. The number of ether oxygens (including phenoxy) is 1. The van der Waals surface area contributed by atoms with Crippen molar-refractivity contribution in [3.63, 3.8) is 0 Å². The van der Waals surface area contributed by atoms with Crippen molar-refractivity contribution in [1.82, 2.24) is 14.2 Å². The van der Waals surface area contributed by atoms with E-state index >= 15 is 0 Å². The SMILES string of the molecule is CCOC(=O)N1CCN(S(=O)(=O)c2cccnc2Cl)CC1. The number of halogens is 1. The molecule has 0 unspecified atom stereocenters. The van der Waals surface area contributed by atoms with Crippen LogP contribution in [0.3, 0.4) is 0 Å². The number of hydrogen-bond acceptors (Lipinski definition) is 5. The highest BCUT2D eigenvalue weighted by atomic mass is 35.5. The molecule has 1 fully saturated rings. The summed E-state index contributed by atoms with van der Waals surface area (Å²) >= 11 is 5.85. The molecular formula is C12H16ClN3O4S. The van der Waals surface area contributed by atoms with Crippen LogP contribution in [0.15, 0.2) is 23.2 Å². The minimum Gasteiger partial charge on any atom is -0.450 e. The average molecular weight is 334 g/mol. The topological polar surface area (TPSA) is 79.8 Å². The number of sulfonamides is 1. The van der Waals surface area contributed by atoms with E-state index in [1.807, 2.05) is 0 Å². The summed E-state index contributed by atoms with van der Waals surface area (Å²) in [6.07, 6.45) is 1.01. The fraction of sp³-hybridized carbons (Fsp3) is 0.500. The molecule has 0 N–H and O–H groups in total. The van der Waals surface area contributed by atoms with Crippen LogP contribution >= 0.6 is 11.6 Å². The van der Waals surface area contributed by atoms with Crippen LogP contribution in [0.1, 0.15) is 6.92 Å². The number of piperazine rings is 1. The van der Waals surface area contributed by atoms with Gasteiger partial charge in [0.2, 0.25) is 10.0 Å². The second-order valence-electron chi connectivity index (χ2n) is 4.38. The number of nitrogens with zero attached hydrogens (tertiary/aromatic N) is 3. The third-order valence-electron chi connectivity index (χ3n) is 3.11. The van der Waals surface area contributed by atoms with Gasteiger partial charge in [-0.15, -0.1) is 0 Å². The number of aromatic nitrogens is 1. The van der Waals surface area contributed by atoms with Gasteiger partial charge in [-0.2, -0.15) is 4.31 Å². The molecule has 0 radical (unpaired) electrons. The lowest BCUT2D eigenvalue weighted by molar-refractivity contribution is 0.0934. The Hall–Kier alpha value is -1.38. The molecule has 0 bridgehead atoms. The van der Waals surface area contributed by atoms with E-state index in [1.54, 1.807) is 6.92 Å². The molecule has 2 rings (SSSR count). The first-order valence-electron chi connectivity index (χ1n) is 6.49. The molecule has 21 heavy (non-hydrogen) atoms. The summed E-state index contributed by atoms with van der Waals surface area (Å²) in [5, 5.41) is -0.0506. The number of rotatable bonds is 3. The molecule has 0 saturated carbocycles. The van der Waals surface area contributed by atoms with Crippen molar-refractivity contribution < 1.29 is 17.9 Å². The van der Waals surface area contributed by atoms with Gasteiger partial charge in [0, 0.05) is 32.4 Å². The van der Waals surface area contributed by atoms with Gasteiger partial charge < -0.3 is 9.64 Å². The number of carbonyl (C=O) groups excluding carboxylic acids is 1. The van der Waals surface area contributed by atoms with Gasteiger partial charge in [0.05, 0.1) is 6.61 Å². The maximum atomic E-state index is 12.5. The van der Waals surface area contributed by atoms with Crippen LogP contribution in [0.5, 0.6) is 0 Å². The second-order valence-corrected chi connectivity index (χ2v) is 6.65. The highest BCUT2D eigenvalue weighted by molar-refractivity contribution is 7.89. The number of pyridine rings is 1. The van der Waals surface area contributed by atoms with Crippen LogP contribution < -0.4 is 0 Å². The van der Waals surface area contributed by atoms with E-state index in [0.29, 0.717) is 6.61 Å². The predicted octanol–water partition coefficient (Wildman–Crippen LogP) is 1.20. The zero-order chi connectivity index (χ0) is 15.5. The standard InChI is InChI=1S/C12H16ClN3O4S/c1-2-20-12(17)15-6-8-16(9-7-15)21(18,19)10-4-3-5-14-11(10)13/h3-5H,2,6-9H2,1H3. The Labute approximate surface area is 128 Å². The van der Waals surface area contributed by atoms with E-state index in [0.717, 1.165) is 0 Å². The van der Waals surface area contributed by atoms with Gasteiger partial charge in [0.25, 0.3) is 0 Å². The molecule has 1 saturated heterocycles. The molecule has 1 amide bonds. The van der Waals surface area contributed by atoms with Crippen molar-refractivity contribution in [2.24, 2.45) is 0 Å². The van der Waals surface area contributed by atoms with E-state index in [9.17, 15) is 13.2 Å². The van der Waals surface area contributed by atoms with Crippen LogP contribution in [-0.4, -0.2) is 61.5 Å². The number of hydrogen-bond donors (Lipinski definition) is 0. The van der Waals surface area contributed by atoms with Crippen LogP contribution in [0.4, 0.5) is 4.79 Å². The van der Waals surface area contributed by atoms with Crippen molar-refractivity contribution in [3.05, 3.63) is 23.5 Å². The Morgan fingerprint density at radius 3 is 2.62 bits per heavy atom. The van der Waals surface area contributed by atoms with Crippen LogP contribution in [-0.2, 0) is 14.8 Å². The Kier molecular flexibility index (Phi) is 5.02. The van der Waals surface area contributed by atoms with Crippen LogP contribution in [0, 0.1) is 0 Å². The summed E-state index contributed by atoms with van der Waals surface area (Å²) in [5.74, 6) is 0. The molecule has 0 atom stereocenters. The predicted molar refractivity (Wildman–Crippen MR) is 76.6 cm³/mol. The van der Waals surface area contributed by atoms with Crippen molar-refractivity contribution in [3.8, 4) is 0 Å².